The molecule has 2 aromatic rings. The van der Waals surface area contributed by atoms with E-state index in [9.17, 15) is 14.0 Å². The third-order valence-electron chi connectivity index (χ3n) is 4.62. The number of anilines is 1. The van der Waals surface area contributed by atoms with E-state index in [0.29, 0.717) is 30.1 Å². The molecule has 0 fully saturated rings. The first kappa shape index (κ1) is 19.5. The number of amides is 1. The van der Waals surface area contributed by atoms with Gasteiger partial charge in [0.15, 0.2) is 0 Å². The van der Waals surface area contributed by atoms with Gasteiger partial charge in [0.1, 0.15) is 11.5 Å². The fraction of sp³-hybridized carbons (Fsp3) is 0.136. The zero-order valence-corrected chi connectivity index (χ0v) is 16.2. The molecule has 2 heterocycles. The highest BCUT2D eigenvalue weighted by molar-refractivity contribution is 6.08. The van der Waals surface area contributed by atoms with Crippen LogP contribution in [0.4, 0.5) is 10.1 Å². The van der Waals surface area contributed by atoms with Gasteiger partial charge < -0.3 is 14.6 Å². The predicted molar refractivity (Wildman–Crippen MR) is 111 cm³/mol. The number of carbonyl (C=O) groups is 1. The van der Waals surface area contributed by atoms with Crippen molar-refractivity contribution < 1.29 is 13.9 Å². The molecule has 8 heteroatoms. The summed E-state index contributed by atoms with van der Waals surface area (Å²) in [7, 11) is 1.58. The van der Waals surface area contributed by atoms with Gasteiger partial charge >= 0.3 is 0 Å². The van der Waals surface area contributed by atoms with E-state index in [-0.39, 0.29) is 16.8 Å². The van der Waals surface area contributed by atoms with Crippen molar-refractivity contribution in [1.82, 2.24) is 14.3 Å². The Morgan fingerprint density at radius 1 is 1.10 bits per heavy atom. The van der Waals surface area contributed by atoms with Gasteiger partial charge in [-0.15, -0.1) is 0 Å². The molecule has 7 nitrogen and oxygen atoms in total. The molecule has 2 aromatic carbocycles. The lowest BCUT2D eigenvalue weighted by atomic mass is 10.1. The van der Waals surface area contributed by atoms with E-state index in [4.69, 9.17) is 4.74 Å². The molecular weight excluding hydrogens is 387 g/mol. The fourth-order valence-corrected chi connectivity index (χ4v) is 3.13. The second-order valence-electron chi connectivity index (χ2n) is 6.68. The summed E-state index contributed by atoms with van der Waals surface area (Å²) in [6.07, 6.45) is 3.29. The highest BCUT2D eigenvalue weighted by Crippen LogP contribution is 2.23. The highest BCUT2D eigenvalue weighted by Gasteiger charge is 2.24. The quantitative estimate of drug-likeness (QED) is 0.534. The van der Waals surface area contributed by atoms with Crippen LogP contribution in [0.15, 0.2) is 71.8 Å². The summed E-state index contributed by atoms with van der Waals surface area (Å²) in [6, 6.07) is 14.4. The third-order valence-corrected chi connectivity index (χ3v) is 4.62. The van der Waals surface area contributed by atoms with Gasteiger partial charge in [0, 0.05) is 31.7 Å². The maximum absolute atomic E-state index is 13.2. The van der Waals surface area contributed by atoms with Crippen LogP contribution in [0, 0.1) is 5.82 Å². The summed E-state index contributed by atoms with van der Waals surface area (Å²) in [4.78, 5) is 26.0. The second kappa shape index (κ2) is 8.30. The van der Waals surface area contributed by atoms with E-state index >= 15 is 0 Å². The summed E-state index contributed by atoms with van der Waals surface area (Å²) in [5.41, 5.74) is 1.57. The van der Waals surface area contributed by atoms with Gasteiger partial charge in [-0.05, 0) is 36.4 Å². The van der Waals surface area contributed by atoms with Crippen molar-refractivity contribution in [2.45, 2.75) is 6.54 Å². The molecule has 1 amide bonds. The van der Waals surface area contributed by atoms with Crippen LogP contribution in [-0.4, -0.2) is 34.0 Å². The number of halogens is 1. The molecule has 1 N–H and O–H groups in total. The van der Waals surface area contributed by atoms with Crippen LogP contribution in [0.5, 0.6) is 0 Å². The molecule has 0 bridgehead atoms. The Morgan fingerprint density at radius 2 is 1.83 bits per heavy atom. The fourth-order valence-electron chi connectivity index (χ4n) is 3.13. The first-order chi connectivity index (χ1) is 14.6. The highest BCUT2D eigenvalue weighted by atomic mass is 19.1. The van der Waals surface area contributed by atoms with E-state index < -0.39 is 11.7 Å². The molecule has 0 saturated heterocycles. The summed E-state index contributed by atoms with van der Waals surface area (Å²) in [5, 5.41) is 7.15. The third kappa shape index (κ3) is 3.85. The van der Waals surface area contributed by atoms with Crippen LogP contribution in [0.1, 0.15) is 10.4 Å². The largest absolute Gasteiger partial charge is 0.383 e. The van der Waals surface area contributed by atoms with Gasteiger partial charge in [-0.25, -0.2) is 4.39 Å². The average Bonchev–Trinajstić information content (AvgIpc) is 3.10. The van der Waals surface area contributed by atoms with Crippen LogP contribution in [0.25, 0.3) is 16.9 Å². The Balaban J connectivity index is 1.80. The zero-order chi connectivity index (χ0) is 21.1. The van der Waals surface area contributed by atoms with Gasteiger partial charge in [-0.2, -0.15) is 9.78 Å². The number of nitrogens with zero attached hydrogens (tertiary/aromatic N) is 3. The van der Waals surface area contributed by atoms with Crippen LogP contribution >= 0.6 is 0 Å². The number of nitrogens with one attached hydrogen (secondary N) is 1. The molecule has 0 aliphatic carbocycles. The van der Waals surface area contributed by atoms with Crippen LogP contribution in [-0.2, 0) is 11.3 Å². The molecule has 0 saturated carbocycles. The van der Waals surface area contributed by atoms with Gasteiger partial charge in [0.2, 0.25) is 0 Å². The van der Waals surface area contributed by atoms with Gasteiger partial charge in [-0.3, -0.25) is 9.59 Å². The molecule has 0 radical (unpaired) electrons. The number of fused-ring (bicyclic) bond motifs is 1. The number of carbonyl (C=O) groups excluding carboxylic acids is 1. The Morgan fingerprint density at radius 3 is 2.53 bits per heavy atom. The van der Waals surface area contributed by atoms with Crippen molar-refractivity contribution in [3.8, 4) is 16.9 Å². The summed E-state index contributed by atoms with van der Waals surface area (Å²) in [5.74, 6) is -0.846. The summed E-state index contributed by atoms with van der Waals surface area (Å²) >= 11 is 0. The lowest BCUT2D eigenvalue weighted by Crippen LogP contribution is -2.18. The number of aromatic nitrogens is 3. The van der Waals surface area contributed by atoms with Gasteiger partial charge in [-0.1, -0.05) is 18.2 Å². The van der Waals surface area contributed by atoms with E-state index in [2.05, 4.69) is 10.4 Å². The first-order valence-corrected chi connectivity index (χ1v) is 9.31. The molecule has 30 heavy (non-hydrogen) atoms. The van der Waals surface area contributed by atoms with E-state index in [1.807, 2.05) is 18.2 Å². The average molecular weight is 406 g/mol. The van der Waals surface area contributed by atoms with Crippen LogP contribution in [0.3, 0.4) is 0 Å². The van der Waals surface area contributed by atoms with Gasteiger partial charge in [0.25, 0.3) is 11.5 Å². The number of benzene rings is 2. The molecular formula is C22H19FN4O3. The molecule has 0 aromatic heterocycles. The van der Waals surface area contributed by atoms with E-state index in [1.165, 1.54) is 28.9 Å². The molecule has 0 unspecified atom stereocenters. The molecule has 0 spiro atoms. The van der Waals surface area contributed by atoms with E-state index in [0.717, 1.165) is 0 Å². The van der Waals surface area contributed by atoms with Crippen molar-refractivity contribution in [3.63, 3.8) is 0 Å². The molecule has 2 aliphatic rings. The maximum atomic E-state index is 13.2. The van der Waals surface area contributed by atoms with Crippen molar-refractivity contribution >= 4 is 11.6 Å². The van der Waals surface area contributed by atoms with Crippen LogP contribution < -0.4 is 10.9 Å². The number of ether oxygens (including phenoxy) is 1. The topological polar surface area (TPSA) is 78.2 Å². The zero-order valence-electron chi connectivity index (χ0n) is 16.2. The first-order valence-electron chi connectivity index (χ1n) is 9.31. The van der Waals surface area contributed by atoms with Crippen molar-refractivity contribution in [1.29, 1.82) is 0 Å². The smallest absolute Gasteiger partial charge is 0.282 e. The second-order valence-corrected chi connectivity index (χ2v) is 6.68. The van der Waals surface area contributed by atoms with Crippen molar-refractivity contribution in [2.24, 2.45) is 0 Å². The number of hydrogen-bond donors (Lipinski definition) is 1. The molecule has 2 aliphatic heterocycles. The number of para-hydroxylation sites is 1. The van der Waals surface area contributed by atoms with E-state index in [1.54, 1.807) is 36.2 Å². The summed E-state index contributed by atoms with van der Waals surface area (Å²) in [6.45, 7) is 0.870. The Kier molecular flexibility index (Phi) is 5.40. The maximum Gasteiger partial charge on any atom is 0.282 e. The number of rotatable bonds is 6. The minimum atomic E-state index is -0.448. The minimum Gasteiger partial charge on any atom is -0.383 e. The van der Waals surface area contributed by atoms with Crippen molar-refractivity contribution in [2.75, 3.05) is 19.0 Å². The number of methoxy groups -OCH3 is 1. The summed E-state index contributed by atoms with van der Waals surface area (Å²) < 4.78 is 21.3. The lowest BCUT2D eigenvalue weighted by Gasteiger charge is -2.12. The SMILES string of the molecule is COCCn1cc(C(=O)Nc2ccc(F)cc2)c2nn(-c3ccccc3)c(=O)c-2c1. The Hall–Kier alpha value is -3.78. The molecule has 4 rings (SSSR count). The monoisotopic (exact) mass is 406 g/mol. The number of pyridine rings is 1. The van der Waals surface area contributed by atoms with Crippen molar-refractivity contribution in [3.05, 3.63) is 88.7 Å². The Bertz CT molecular complexity index is 1200. The predicted octanol–water partition coefficient (Wildman–Crippen LogP) is 3.18. The lowest BCUT2D eigenvalue weighted by molar-refractivity contribution is 0.102. The standard InChI is InChI=1S/C22H19FN4O3/c1-30-12-11-26-13-18(21(28)24-16-9-7-15(23)8-10-16)20-19(14-26)22(29)27(25-20)17-5-3-2-4-6-17/h2-10,13-14H,11-12H2,1H3,(H,24,28). The normalized spacial score (nSPS) is 11.0. The Labute approximate surface area is 171 Å². The van der Waals surface area contributed by atoms with Gasteiger partial charge in [0.05, 0.1) is 23.4 Å². The van der Waals surface area contributed by atoms with Crippen LogP contribution in [0.2, 0.25) is 0 Å². The molecule has 0 atom stereocenters. The number of hydrogen-bond acceptors (Lipinski definition) is 4. The molecule has 152 valence electrons. The minimum absolute atomic E-state index is 0.236.